The van der Waals surface area contributed by atoms with E-state index in [0.717, 1.165) is 41.8 Å². The number of amides is 1. The second-order valence-electron chi connectivity index (χ2n) is 8.97. The van der Waals surface area contributed by atoms with Crippen molar-refractivity contribution in [2.45, 2.75) is 51.7 Å². The summed E-state index contributed by atoms with van der Waals surface area (Å²) in [4.78, 5) is 26.3. The molecule has 1 aliphatic heterocycles. The first-order valence-corrected chi connectivity index (χ1v) is 13.9. The first-order valence-electron chi connectivity index (χ1n) is 12.0. The molecule has 3 rings (SSSR count). The number of anilines is 1. The van der Waals surface area contributed by atoms with E-state index in [1.807, 2.05) is 24.3 Å². The minimum Gasteiger partial charge on any atom is -0.495 e. The molecule has 0 spiro atoms. The van der Waals surface area contributed by atoms with Crippen molar-refractivity contribution >= 4 is 27.3 Å². The Morgan fingerprint density at radius 1 is 1.14 bits per heavy atom. The van der Waals surface area contributed by atoms with Crippen LogP contribution in [0.1, 0.15) is 43.7 Å². The van der Waals surface area contributed by atoms with Crippen LogP contribution < -0.4 is 14.4 Å². The fourth-order valence-electron chi connectivity index (χ4n) is 4.44. The number of nitrogens with zero attached hydrogens (tertiary/aromatic N) is 3. The number of ether oxygens (including phenoxy) is 1. The molecule has 1 atom stereocenters. The van der Waals surface area contributed by atoms with Crippen LogP contribution in [0.5, 0.6) is 5.75 Å². The van der Waals surface area contributed by atoms with Gasteiger partial charge in [-0.1, -0.05) is 37.6 Å². The molecule has 36 heavy (non-hydrogen) atoms. The smallest absolute Gasteiger partial charge is 0.271 e. The van der Waals surface area contributed by atoms with Gasteiger partial charge < -0.3 is 10.1 Å². The maximum Gasteiger partial charge on any atom is 0.271 e. The second kappa shape index (κ2) is 12.2. The van der Waals surface area contributed by atoms with Crippen LogP contribution in [0.4, 0.5) is 11.4 Å². The standard InChI is InChI=1S/C25H34N4O6S/c1-4-22(28(36(3,33)34)23-16-21(29(31)32)12-13-24(23)35-2)25(30)26-17-19-8-10-20(11-9-19)18-27-14-6-5-7-15-27/h8-13,16,22H,4-7,14-15,17-18H2,1-3H3,(H,26,30)/t22-/m1/s1. The largest absolute Gasteiger partial charge is 0.495 e. The van der Waals surface area contributed by atoms with Crippen molar-refractivity contribution in [3.8, 4) is 5.75 Å². The molecule has 1 fully saturated rings. The lowest BCUT2D eigenvalue weighted by Crippen LogP contribution is -2.49. The van der Waals surface area contributed by atoms with E-state index >= 15 is 0 Å². The van der Waals surface area contributed by atoms with E-state index in [1.54, 1.807) is 6.92 Å². The molecule has 0 bridgehead atoms. The number of sulfonamides is 1. The fourth-order valence-corrected chi connectivity index (χ4v) is 5.65. The van der Waals surface area contributed by atoms with Gasteiger partial charge >= 0.3 is 0 Å². The number of piperidine rings is 1. The fraction of sp³-hybridized carbons (Fsp3) is 0.480. The van der Waals surface area contributed by atoms with Gasteiger partial charge in [-0.15, -0.1) is 0 Å². The SMILES string of the molecule is CC[C@H](C(=O)NCc1ccc(CN2CCCCC2)cc1)N(c1cc([N+](=O)[O-])ccc1OC)S(C)(=O)=O. The first kappa shape index (κ1) is 27.4. The number of nitro groups is 1. The van der Waals surface area contributed by atoms with Crippen LogP contribution in [-0.2, 0) is 27.9 Å². The third kappa shape index (κ3) is 6.94. The Labute approximate surface area is 212 Å². The van der Waals surface area contributed by atoms with Gasteiger partial charge in [0.1, 0.15) is 17.5 Å². The molecule has 0 radical (unpaired) electrons. The van der Waals surface area contributed by atoms with Crippen LogP contribution in [0.25, 0.3) is 0 Å². The number of benzene rings is 2. The maximum absolute atomic E-state index is 13.2. The van der Waals surface area contributed by atoms with Gasteiger partial charge in [-0.2, -0.15) is 0 Å². The molecule has 10 nitrogen and oxygen atoms in total. The molecule has 1 amide bonds. The average molecular weight is 519 g/mol. The Bertz CT molecular complexity index is 1160. The van der Waals surface area contributed by atoms with E-state index < -0.39 is 26.9 Å². The summed E-state index contributed by atoms with van der Waals surface area (Å²) in [5.41, 5.74) is 1.73. The monoisotopic (exact) mass is 518 g/mol. The summed E-state index contributed by atoms with van der Waals surface area (Å²) in [6.07, 6.45) is 4.87. The van der Waals surface area contributed by atoms with E-state index in [9.17, 15) is 23.3 Å². The Kier molecular flexibility index (Phi) is 9.27. The third-order valence-electron chi connectivity index (χ3n) is 6.28. The van der Waals surface area contributed by atoms with Crippen molar-refractivity contribution < 1.29 is 22.9 Å². The normalized spacial score (nSPS) is 15.2. The Morgan fingerprint density at radius 3 is 2.33 bits per heavy atom. The predicted octanol–water partition coefficient (Wildman–Crippen LogP) is 3.45. The van der Waals surface area contributed by atoms with Gasteiger partial charge in [-0.05, 0) is 49.5 Å². The van der Waals surface area contributed by atoms with Crippen LogP contribution in [0.3, 0.4) is 0 Å². The summed E-state index contributed by atoms with van der Waals surface area (Å²) in [5.74, 6) is -0.393. The van der Waals surface area contributed by atoms with Gasteiger partial charge in [0, 0.05) is 25.2 Å². The zero-order valence-electron chi connectivity index (χ0n) is 21.0. The quantitative estimate of drug-likeness (QED) is 0.357. The van der Waals surface area contributed by atoms with Crippen molar-refractivity contribution in [1.29, 1.82) is 0 Å². The number of methoxy groups -OCH3 is 1. The van der Waals surface area contributed by atoms with Crippen molar-refractivity contribution in [2.24, 2.45) is 0 Å². The lowest BCUT2D eigenvalue weighted by molar-refractivity contribution is -0.384. The van der Waals surface area contributed by atoms with Crippen LogP contribution in [0, 0.1) is 10.1 Å². The number of likely N-dealkylation sites (tertiary alicyclic amines) is 1. The topological polar surface area (TPSA) is 122 Å². The summed E-state index contributed by atoms with van der Waals surface area (Å²) in [6, 6.07) is 10.5. The highest BCUT2D eigenvalue weighted by atomic mass is 32.2. The van der Waals surface area contributed by atoms with Gasteiger partial charge in [-0.25, -0.2) is 8.42 Å². The van der Waals surface area contributed by atoms with Crippen molar-refractivity contribution in [1.82, 2.24) is 10.2 Å². The highest BCUT2D eigenvalue weighted by Gasteiger charge is 2.34. The number of nitro benzene ring substituents is 1. The molecule has 0 unspecified atom stereocenters. The highest BCUT2D eigenvalue weighted by Crippen LogP contribution is 2.35. The molecule has 196 valence electrons. The zero-order valence-corrected chi connectivity index (χ0v) is 21.8. The Balaban J connectivity index is 1.75. The first-order chi connectivity index (χ1) is 17.1. The summed E-state index contributed by atoms with van der Waals surface area (Å²) >= 11 is 0. The minimum absolute atomic E-state index is 0.0572. The molecule has 1 saturated heterocycles. The molecule has 0 saturated carbocycles. The number of carbonyl (C=O) groups is 1. The van der Waals surface area contributed by atoms with E-state index in [2.05, 4.69) is 10.2 Å². The van der Waals surface area contributed by atoms with E-state index in [1.165, 1.54) is 44.1 Å². The van der Waals surface area contributed by atoms with Gasteiger partial charge in [0.05, 0.1) is 18.3 Å². The second-order valence-corrected chi connectivity index (χ2v) is 10.8. The lowest BCUT2D eigenvalue weighted by Gasteiger charge is -2.31. The predicted molar refractivity (Wildman–Crippen MR) is 138 cm³/mol. The number of hydrogen-bond acceptors (Lipinski definition) is 7. The average Bonchev–Trinajstić information content (AvgIpc) is 2.86. The van der Waals surface area contributed by atoms with Crippen LogP contribution in [0.15, 0.2) is 42.5 Å². The summed E-state index contributed by atoms with van der Waals surface area (Å²) in [7, 11) is -2.65. The zero-order chi connectivity index (χ0) is 26.3. The molecule has 11 heteroatoms. The van der Waals surface area contributed by atoms with E-state index in [0.29, 0.717) is 0 Å². The van der Waals surface area contributed by atoms with Gasteiger partial charge in [0.25, 0.3) is 5.69 Å². The van der Waals surface area contributed by atoms with Crippen molar-refractivity contribution in [3.63, 3.8) is 0 Å². The van der Waals surface area contributed by atoms with Crippen LogP contribution >= 0.6 is 0 Å². The molecule has 0 aromatic heterocycles. The molecule has 1 N–H and O–H groups in total. The summed E-state index contributed by atoms with van der Waals surface area (Å²) in [5, 5.41) is 14.1. The number of nitrogens with one attached hydrogen (secondary N) is 1. The number of rotatable bonds is 11. The highest BCUT2D eigenvalue weighted by molar-refractivity contribution is 7.92. The lowest BCUT2D eigenvalue weighted by atomic mass is 10.1. The van der Waals surface area contributed by atoms with Crippen LogP contribution in [0.2, 0.25) is 0 Å². The van der Waals surface area contributed by atoms with Gasteiger partial charge in [-0.3, -0.25) is 24.1 Å². The molecule has 2 aromatic rings. The molecule has 1 heterocycles. The van der Waals surface area contributed by atoms with E-state index in [-0.39, 0.29) is 30.1 Å². The number of carbonyl (C=O) groups excluding carboxylic acids is 1. The maximum atomic E-state index is 13.2. The number of hydrogen-bond donors (Lipinski definition) is 1. The molecule has 1 aliphatic rings. The third-order valence-corrected chi connectivity index (χ3v) is 7.45. The summed E-state index contributed by atoms with van der Waals surface area (Å²) < 4.78 is 31.7. The molecular formula is C25H34N4O6S. The summed E-state index contributed by atoms with van der Waals surface area (Å²) in [6.45, 7) is 5.04. The van der Waals surface area contributed by atoms with Gasteiger partial charge in [0.2, 0.25) is 15.9 Å². The molecule has 0 aliphatic carbocycles. The van der Waals surface area contributed by atoms with E-state index in [4.69, 9.17) is 4.74 Å². The molecule has 2 aromatic carbocycles. The Hall–Kier alpha value is -3.18. The minimum atomic E-state index is -3.99. The van der Waals surface area contributed by atoms with Crippen molar-refractivity contribution in [2.75, 3.05) is 30.8 Å². The van der Waals surface area contributed by atoms with Crippen molar-refractivity contribution in [3.05, 3.63) is 63.7 Å². The Morgan fingerprint density at radius 2 is 1.78 bits per heavy atom. The molecular weight excluding hydrogens is 484 g/mol. The van der Waals surface area contributed by atoms with Crippen LogP contribution in [-0.4, -0.2) is 56.6 Å². The number of non-ortho nitro benzene ring substituents is 1. The van der Waals surface area contributed by atoms with Gasteiger partial charge in [0.15, 0.2) is 0 Å².